The zero-order valence-corrected chi connectivity index (χ0v) is 10.8. The lowest BCUT2D eigenvalue weighted by Gasteiger charge is -2.17. The van der Waals surface area contributed by atoms with E-state index in [9.17, 15) is 9.59 Å². The SMILES string of the molecule is NCC(=O)NCC(=O)N1CCC(c2ccccc2)C1. The summed E-state index contributed by atoms with van der Waals surface area (Å²) in [4.78, 5) is 24.7. The van der Waals surface area contributed by atoms with Crippen molar-refractivity contribution in [2.45, 2.75) is 12.3 Å². The van der Waals surface area contributed by atoms with Gasteiger partial charge in [0.15, 0.2) is 0 Å². The van der Waals surface area contributed by atoms with Crippen LogP contribution in [0.25, 0.3) is 0 Å². The zero-order chi connectivity index (χ0) is 13.7. The molecule has 1 unspecified atom stereocenters. The van der Waals surface area contributed by atoms with Crippen molar-refractivity contribution in [1.82, 2.24) is 10.2 Å². The first-order chi connectivity index (χ1) is 9.20. The minimum Gasteiger partial charge on any atom is -0.346 e. The van der Waals surface area contributed by atoms with E-state index in [1.54, 1.807) is 4.90 Å². The predicted octanol–water partition coefficient (Wildman–Crippen LogP) is 0.0774. The van der Waals surface area contributed by atoms with E-state index in [0.717, 1.165) is 19.5 Å². The van der Waals surface area contributed by atoms with E-state index in [4.69, 9.17) is 5.73 Å². The van der Waals surface area contributed by atoms with Gasteiger partial charge in [0.05, 0.1) is 13.1 Å². The molecule has 102 valence electrons. The number of amides is 2. The zero-order valence-electron chi connectivity index (χ0n) is 10.8. The summed E-state index contributed by atoms with van der Waals surface area (Å²) in [5, 5.41) is 2.51. The van der Waals surface area contributed by atoms with Gasteiger partial charge in [0.25, 0.3) is 0 Å². The Balaban J connectivity index is 1.85. The first-order valence-corrected chi connectivity index (χ1v) is 6.50. The molecule has 0 radical (unpaired) electrons. The third kappa shape index (κ3) is 3.54. The summed E-state index contributed by atoms with van der Waals surface area (Å²) >= 11 is 0. The third-order valence-electron chi connectivity index (χ3n) is 3.43. The molecule has 0 bridgehead atoms. The van der Waals surface area contributed by atoms with Gasteiger partial charge in [0, 0.05) is 19.0 Å². The largest absolute Gasteiger partial charge is 0.346 e. The van der Waals surface area contributed by atoms with Crippen LogP contribution in [-0.2, 0) is 9.59 Å². The molecule has 2 amide bonds. The lowest BCUT2D eigenvalue weighted by atomic mass is 9.99. The number of nitrogens with zero attached hydrogens (tertiary/aromatic N) is 1. The molecule has 1 aliphatic heterocycles. The van der Waals surface area contributed by atoms with E-state index in [0.29, 0.717) is 5.92 Å². The van der Waals surface area contributed by atoms with Gasteiger partial charge in [-0.1, -0.05) is 30.3 Å². The highest BCUT2D eigenvalue weighted by molar-refractivity contribution is 5.85. The van der Waals surface area contributed by atoms with Crippen LogP contribution in [0.2, 0.25) is 0 Å². The summed E-state index contributed by atoms with van der Waals surface area (Å²) < 4.78 is 0. The molecule has 0 aromatic heterocycles. The van der Waals surface area contributed by atoms with Crippen LogP contribution in [0.5, 0.6) is 0 Å². The summed E-state index contributed by atoms with van der Waals surface area (Å²) in [6.07, 6.45) is 0.973. The number of carbonyl (C=O) groups excluding carboxylic acids is 2. The van der Waals surface area contributed by atoms with Gasteiger partial charge in [0.1, 0.15) is 0 Å². The number of hydrogen-bond acceptors (Lipinski definition) is 3. The monoisotopic (exact) mass is 261 g/mol. The standard InChI is InChI=1S/C14H19N3O2/c15-8-13(18)16-9-14(19)17-7-6-12(10-17)11-4-2-1-3-5-11/h1-5,12H,6-10,15H2,(H,16,18). The maximum Gasteiger partial charge on any atom is 0.241 e. The van der Waals surface area contributed by atoms with Crippen molar-refractivity contribution in [2.24, 2.45) is 5.73 Å². The first kappa shape index (κ1) is 13.5. The van der Waals surface area contributed by atoms with Gasteiger partial charge >= 0.3 is 0 Å². The Morgan fingerprint density at radius 1 is 1.32 bits per heavy atom. The molecule has 3 N–H and O–H groups in total. The second-order valence-electron chi connectivity index (χ2n) is 4.72. The molecule has 19 heavy (non-hydrogen) atoms. The minimum atomic E-state index is -0.299. The van der Waals surface area contributed by atoms with Crippen molar-refractivity contribution in [3.05, 3.63) is 35.9 Å². The maximum atomic E-state index is 11.9. The fourth-order valence-electron chi connectivity index (χ4n) is 2.34. The molecule has 1 aromatic carbocycles. The van der Waals surface area contributed by atoms with Gasteiger partial charge < -0.3 is 16.0 Å². The molecular weight excluding hydrogens is 242 g/mol. The van der Waals surface area contributed by atoms with E-state index < -0.39 is 0 Å². The average molecular weight is 261 g/mol. The highest BCUT2D eigenvalue weighted by atomic mass is 16.2. The molecule has 1 saturated heterocycles. The summed E-state index contributed by atoms with van der Waals surface area (Å²) in [7, 11) is 0. The van der Waals surface area contributed by atoms with Crippen LogP contribution >= 0.6 is 0 Å². The van der Waals surface area contributed by atoms with E-state index >= 15 is 0 Å². The predicted molar refractivity (Wildman–Crippen MR) is 72.4 cm³/mol. The molecule has 1 fully saturated rings. The Hall–Kier alpha value is -1.88. The Morgan fingerprint density at radius 3 is 2.74 bits per heavy atom. The number of benzene rings is 1. The van der Waals surface area contributed by atoms with Gasteiger partial charge in [-0.25, -0.2) is 0 Å². The molecule has 2 rings (SSSR count). The van der Waals surface area contributed by atoms with E-state index in [1.807, 2.05) is 18.2 Å². The molecule has 5 heteroatoms. The second-order valence-corrected chi connectivity index (χ2v) is 4.72. The second kappa shape index (κ2) is 6.33. The Morgan fingerprint density at radius 2 is 2.05 bits per heavy atom. The van der Waals surface area contributed by atoms with E-state index in [1.165, 1.54) is 5.56 Å². The number of nitrogens with one attached hydrogen (secondary N) is 1. The Labute approximate surface area is 112 Å². The van der Waals surface area contributed by atoms with Gasteiger partial charge in [-0.05, 0) is 12.0 Å². The van der Waals surface area contributed by atoms with Crippen LogP contribution in [0.15, 0.2) is 30.3 Å². The molecule has 0 spiro atoms. The fraction of sp³-hybridized carbons (Fsp3) is 0.429. The molecule has 0 saturated carbocycles. The number of hydrogen-bond donors (Lipinski definition) is 2. The van der Waals surface area contributed by atoms with E-state index in [2.05, 4.69) is 17.4 Å². The lowest BCUT2D eigenvalue weighted by molar-refractivity contribution is -0.131. The third-order valence-corrected chi connectivity index (χ3v) is 3.43. The number of likely N-dealkylation sites (tertiary alicyclic amines) is 1. The van der Waals surface area contributed by atoms with E-state index in [-0.39, 0.29) is 24.9 Å². The summed E-state index contributed by atoms with van der Waals surface area (Å²) in [6.45, 7) is 1.43. The summed E-state index contributed by atoms with van der Waals surface area (Å²) in [5.41, 5.74) is 6.44. The average Bonchev–Trinajstić information content (AvgIpc) is 2.95. The fourth-order valence-corrected chi connectivity index (χ4v) is 2.34. The smallest absolute Gasteiger partial charge is 0.241 e. The minimum absolute atomic E-state index is 0.0392. The molecule has 1 aliphatic rings. The van der Waals surface area contributed by atoms with Crippen LogP contribution in [-0.4, -0.2) is 42.9 Å². The van der Waals surface area contributed by atoms with Gasteiger partial charge in [-0.3, -0.25) is 9.59 Å². The number of nitrogens with two attached hydrogens (primary N) is 1. The number of carbonyl (C=O) groups is 2. The van der Waals surface area contributed by atoms with Crippen molar-refractivity contribution in [2.75, 3.05) is 26.2 Å². The van der Waals surface area contributed by atoms with Crippen molar-refractivity contribution in [1.29, 1.82) is 0 Å². The summed E-state index contributed by atoms with van der Waals surface area (Å²) in [5.74, 6) is 0.0581. The van der Waals surface area contributed by atoms with Crippen molar-refractivity contribution in [3.63, 3.8) is 0 Å². The molecule has 5 nitrogen and oxygen atoms in total. The lowest BCUT2D eigenvalue weighted by Crippen LogP contribution is -2.40. The molecular formula is C14H19N3O2. The maximum absolute atomic E-state index is 11.9. The van der Waals surface area contributed by atoms with Crippen molar-refractivity contribution in [3.8, 4) is 0 Å². The van der Waals surface area contributed by atoms with Crippen LogP contribution in [0.3, 0.4) is 0 Å². The Bertz CT molecular complexity index is 447. The van der Waals surface area contributed by atoms with Gasteiger partial charge in [-0.15, -0.1) is 0 Å². The highest BCUT2D eigenvalue weighted by Gasteiger charge is 2.26. The molecule has 1 atom stereocenters. The molecule has 0 aliphatic carbocycles. The first-order valence-electron chi connectivity index (χ1n) is 6.50. The number of rotatable bonds is 4. The van der Waals surface area contributed by atoms with Crippen molar-refractivity contribution < 1.29 is 9.59 Å². The van der Waals surface area contributed by atoms with Crippen LogP contribution in [0.1, 0.15) is 17.9 Å². The molecule has 1 heterocycles. The van der Waals surface area contributed by atoms with Crippen LogP contribution in [0.4, 0.5) is 0 Å². The quantitative estimate of drug-likeness (QED) is 0.806. The summed E-state index contributed by atoms with van der Waals surface area (Å²) in [6, 6.07) is 10.2. The van der Waals surface area contributed by atoms with Gasteiger partial charge in [0.2, 0.25) is 11.8 Å². The molecule has 1 aromatic rings. The highest BCUT2D eigenvalue weighted by Crippen LogP contribution is 2.26. The topological polar surface area (TPSA) is 75.4 Å². The van der Waals surface area contributed by atoms with Gasteiger partial charge in [-0.2, -0.15) is 0 Å². The van der Waals surface area contributed by atoms with Crippen LogP contribution < -0.4 is 11.1 Å². The van der Waals surface area contributed by atoms with Crippen molar-refractivity contribution >= 4 is 11.8 Å². The normalized spacial score (nSPS) is 18.4. The van der Waals surface area contributed by atoms with Crippen LogP contribution in [0, 0.1) is 0 Å². The Kier molecular flexibility index (Phi) is 4.52.